The van der Waals surface area contributed by atoms with Crippen molar-refractivity contribution in [3.05, 3.63) is 47.0 Å². The quantitative estimate of drug-likeness (QED) is 0.362. The zero-order chi connectivity index (χ0) is 32.6. The van der Waals surface area contributed by atoms with Gasteiger partial charge in [-0.05, 0) is 37.1 Å². The van der Waals surface area contributed by atoms with Crippen LogP contribution in [0.25, 0.3) is 0 Å². The minimum atomic E-state index is -2.61. The van der Waals surface area contributed by atoms with Gasteiger partial charge in [-0.25, -0.2) is 4.79 Å². The summed E-state index contributed by atoms with van der Waals surface area (Å²) in [5.41, 5.74) is -7.67. The molecular formula is C32H38O12. The number of rotatable bonds is 5. The highest BCUT2D eigenvalue weighted by Crippen LogP contribution is 2.64. The Morgan fingerprint density at radius 1 is 1.00 bits per heavy atom. The van der Waals surface area contributed by atoms with Gasteiger partial charge in [0.25, 0.3) is 0 Å². The standard InChI is InChI=1S/C32H38O12/c1-15-21-23(40-7)26(37)30(6)19(42-16(2)33)13-20-31(14-41-20,44-17(3)34)24(30)27(43-28(38)18-11-9-8-10-12-18)32(39,29(21,4)5)25(36)22(15)35/h8-12,19-20,23-25,27,36,39H,13-14H2,1-7H3/t19-,20+,23+,24-,25-,27-,30+,31-,32+/m0/s1. The van der Waals surface area contributed by atoms with Gasteiger partial charge >= 0.3 is 17.9 Å². The normalized spacial score (nSPS) is 39.1. The van der Waals surface area contributed by atoms with Gasteiger partial charge in [-0.2, -0.15) is 0 Å². The summed E-state index contributed by atoms with van der Waals surface area (Å²) in [5.74, 6) is -5.45. The maximum Gasteiger partial charge on any atom is 0.338 e. The van der Waals surface area contributed by atoms with Crippen LogP contribution in [-0.4, -0.2) is 95.1 Å². The van der Waals surface area contributed by atoms with Crippen LogP contribution in [0.15, 0.2) is 41.5 Å². The molecule has 1 saturated heterocycles. The summed E-state index contributed by atoms with van der Waals surface area (Å²) < 4.78 is 29.4. The zero-order valence-corrected chi connectivity index (χ0v) is 25.7. The van der Waals surface area contributed by atoms with Gasteiger partial charge in [-0.3, -0.25) is 19.2 Å². The Labute approximate surface area is 254 Å². The molecule has 44 heavy (non-hydrogen) atoms. The van der Waals surface area contributed by atoms with Crippen molar-refractivity contribution in [3.63, 3.8) is 0 Å². The molecule has 4 aliphatic rings. The maximum absolute atomic E-state index is 15.0. The molecule has 0 aromatic heterocycles. The molecule has 238 valence electrons. The van der Waals surface area contributed by atoms with Gasteiger partial charge in [0.05, 0.1) is 23.5 Å². The van der Waals surface area contributed by atoms with Gasteiger partial charge in [0.15, 0.2) is 17.2 Å². The molecule has 3 fully saturated rings. The number of carbonyl (C=O) groups excluding carboxylic acids is 5. The van der Waals surface area contributed by atoms with Crippen LogP contribution in [0.5, 0.6) is 0 Å². The summed E-state index contributed by atoms with van der Waals surface area (Å²) >= 11 is 0. The third-order valence-corrected chi connectivity index (χ3v) is 10.3. The fraction of sp³-hybridized carbons (Fsp3) is 0.594. The minimum absolute atomic E-state index is 0.00181. The number of hydrogen-bond donors (Lipinski definition) is 2. The maximum atomic E-state index is 15.0. The van der Waals surface area contributed by atoms with Crippen molar-refractivity contribution >= 4 is 29.5 Å². The average molecular weight is 615 g/mol. The van der Waals surface area contributed by atoms with Crippen LogP contribution in [0, 0.1) is 16.7 Å². The predicted molar refractivity (Wildman–Crippen MR) is 150 cm³/mol. The number of esters is 3. The second-order valence-electron chi connectivity index (χ2n) is 12.9. The van der Waals surface area contributed by atoms with Gasteiger partial charge in [0, 0.05) is 32.8 Å². The highest BCUT2D eigenvalue weighted by molar-refractivity contribution is 6.05. The van der Waals surface area contributed by atoms with Crippen LogP contribution in [0.1, 0.15) is 58.3 Å². The Morgan fingerprint density at radius 3 is 2.16 bits per heavy atom. The number of benzene rings is 1. The van der Waals surface area contributed by atoms with Crippen molar-refractivity contribution in [1.29, 1.82) is 0 Å². The lowest BCUT2D eigenvalue weighted by Crippen LogP contribution is -2.83. The summed E-state index contributed by atoms with van der Waals surface area (Å²) in [7, 11) is 1.27. The van der Waals surface area contributed by atoms with Crippen LogP contribution in [0.4, 0.5) is 0 Å². The van der Waals surface area contributed by atoms with E-state index in [1.54, 1.807) is 18.2 Å². The lowest BCUT2D eigenvalue weighted by atomic mass is 9.44. The number of Topliss-reactive ketones (excluding diaryl/α,β-unsaturated/α-hetero) is 2. The SMILES string of the molecule is CO[C@H]1C(=O)[C@]2(C)[C@@H](OC(C)=O)C[C@H]3OC[C@@]3(OC(C)=O)[C@H]2[C@H](OC(=O)c2ccccc2)[C@]2(O)[C@@H](O)C(=O)C(C)=C1C2(C)C. The molecule has 2 saturated carbocycles. The summed E-state index contributed by atoms with van der Waals surface area (Å²) in [6, 6.07) is 7.83. The molecule has 1 heterocycles. The lowest BCUT2D eigenvalue weighted by Gasteiger charge is -2.67. The van der Waals surface area contributed by atoms with Crippen molar-refractivity contribution in [2.45, 2.75) is 89.7 Å². The second-order valence-corrected chi connectivity index (χ2v) is 12.9. The molecule has 0 unspecified atom stereocenters. The fourth-order valence-electron chi connectivity index (χ4n) is 8.16. The van der Waals surface area contributed by atoms with E-state index < -0.39 is 87.9 Å². The molecule has 1 aliphatic heterocycles. The monoisotopic (exact) mass is 614 g/mol. The summed E-state index contributed by atoms with van der Waals surface area (Å²) in [6.45, 7) is 8.01. The molecule has 9 atom stereocenters. The third kappa shape index (κ3) is 4.14. The number of aliphatic hydroxyl groups excluding tert-OH is 1. The van der Waals surface area contributed by atoms with Gasteiger partial charge in [-0.15, -0.1) is 0 Å². The summed E-state index contributed by atoms with van der Waals surface area (Å²) in [6.07, 6.45) is -7.77. The van der Waals surface area contributed by atoms with E-state index in [1.807, 2.05) is 0 Å². The molecule has 1 aromatic rings. The van der Waals surface area contributed by atoms with Crippen molar-refractivity contribution in [2.75, 3.05) is 13.7 Å². The molecule has 12 nitrogen and oxygen atoms in total. The van der Waals surface area contributed by atoms with Gasteiger partial charge in [0.1, 0.15) is 36.1 Å². The van der Waals surface area contributed by atoms with Crippen molar-refractivity contribution in [3.8, 4) is 0 Å². The first-order valence-electron chi connectivity index (χ1n) is 14.5. The number of ether oxygens (including phenoxy) is 5. The van der Waals surface area contributed by atoms with Gasteiger partial charge in [-0.1, -0.05) is 32.0 Å². The molecule has 1 aromatic carbocycles. The van der Waals surface area contributed by atoms with E-state index in [9.17, 15) is 34.2 Å². The number of methoxy groups -OCH3 is 1. The third-order valence-electron chi connectivity index (χ3n) is 10.3. The zero-order valence-electron chi connectivity index (χ0n) is 25.7. The summed E-state index contributed by atoms with van der Waals surface area (Å²) in [4.78, 5) is 67.6. The summed E-state index contributed by atoms with van der Waals surface area (Å²) in [5, 5.41) is 24.6. The molecule has 5 rings (SSSR count). The Bertz CT molecular complexity index is 1450. The van der Waals surface area contributed by atoms with E-state index in [4.69, 9.17) is 23.7 Å². The molecule has 12 heteroatoms. The van der Waals surface area contributed by atoms with Gasteiger partial charge < -0.3 is 33.9 Å². The molecule has 3 aliphatic carbocycles. The first kappa shape index (κ1) is 32.0. The van der Waals surface area contributed by atoms with Crippen LogP contribution < -0.4 is 0 Å². The van der Waals surface area contributed by atoms with Gasteiger partial charge in [0.2, 0.25) is 0 Å². The number of ketones is 2. The lowest BCUT2D eigenvalue weighted by molar-refractivity contribution is -0.349. The topological polar surface area (TPSA) is 172 Å². The Kier molecular flexibility index (Phi) is 7.68. The van der Waals surface area contributed by atoms with Crippen LogP contribution in [-0.2, 0) is 42.9 Å². The molecule has 2 N–H and O–H groups in total. The largest absolute Gasteiger partial charge is 0.461 e. The van der Waals surface area contributed by atoms with E-state index >= 15 is 0 Å². The highest BCUT2D eigenvalue weighted by Gasteiger charge is 2.80. The average Bonchev–Trinajstić information content (AvgIpc) is 2.96. The van der Waals surface area contributed by atoms with Crippen molar-refractivity contribution in [2.24, 2.45) is 16.7 Å². The molecule has 0 amide bonds. The van der Waals surface area contributed by atoms with Crippen molar-refractivity contribution < 1.29 is 57.9 Å². The first-order chi connectivity index (χ1) is 20.5. The van der Waals surface area contributed by atoms with Crippen LogP contribution in [0.3, 0.4) is 0 Å². The van der Waals surface area contributed by atoms with Crippen LogP contribution >= 0.6 is 0 Å². The van der Waals surface area contributed by atoms with E-state index in [0.717, 1.165) is 6.92 Å². The fourth-order valence-corrected chi connectivity index (χ4v) is 8.16. The Balaban J connectivity index is 1.89. The second kappa shape index (κ2) is 10.6. The van der Waals surface area contributed by atoms with E-state index in [2.05, 4.69) is 0 Å². The number of aliphatic hydroxyl groups is 2. The molecular weight excluding hydrogens is 576 g/mol. The Hall–Kier alpha value is -3.45. The Morgan fingerprint density at radius 2 is 1.64 bits per heavy atom. The number of carbonyl (C=O) groups is 5. The highest BCUT2D eigenvalue weighted by atomic mass is 16.6. The van der Waals surface area contributed by atoms with Crippen molar-refractivity contribution in [1.82, 2.24) is 0 Å². The first-order valence-corrected chi connectivity index (χ1v) is 14.5. The smallest absolute Gasteiger partial charge is 0.338 e. The molecule has 2 bridgehead atoms. The number of hydrogen-bond acceptors (Lipinski definition) is 12. The number of fused-ring (bicyclic) bond motifs is 5. The van der Waals surface area contributed by atoms with E-state index in [1.165, 1.54) is 53.9 Å². The van der Waals surface area contributed by atoms with Crippen LogP contribution in [0.2, 0.25) is 0 Å². The molecule has 0 radical (unpaired) electrons. The minimum Gasteiger partial charge on any atom is -0.461 e. The predicted octanol–water partition coefficient (Wildman–Crippen LogP) is 1.49. The van der Waals surface area contributed by atoms with E-state index in [-0.39, 0.29) is 29.7 Å². The van der Waals surface area contributed by atoms with E-state index in [0.29, 0.717) is 0 Å². The molecule has 0 spiro atoms.